The van der Waals surface area contributed by atoms with Gasteiger partial charge in [0, 0.05) is 24.7 Å². The van der Waals surface area contributed by atoms with Gasteiger partial charge < -0.3 is 10.6 Å². The van der Waals surface area contributed by atoms with Gasteiger partial charge in [-0.1, -0.05) is 20.8 Å². The Balaban J connectivity index is 1.76. The molecule has 1 aliphatic carbocycles. The van der Waals surface area contributed by atoms with Crippen LogP contribution < -0.4 is 15.4 Å². The van der Waals surface area contributed by atoms with E-state index in [-0.39, 0.29) is 38.9 Å². The summed E-state index contributed by atoms with van der Waals surface area (Å²) in [5.41, 5.74) is 6.20. The zero-order valence-corrected chi connectivity index (χ0v) is 22.4. The van der Waals surface area contributed by atoms with E-state index in [9.17, 15) is 18.0 Å². The molecular weight excluding hydrogens is 478 g/mol. The van der Waals surface area contributed by atoms with E-state index in [1.54, 1.807) is 12.1 Å². The Kier molecular flexibility index (Phi) is 6.61. The molecule has 2 aliphatic rings. The highest BCUT2D eigenvalue weighted by atomic mass is 32.2. The minimum absolute atomic E-state index is 0.00955. The molecule has 1 amide bonds. The zero-order valence-electron chi connectivity index (χ0n) is 21.5. The molecule has 1 saturated heterocycles. The van der Waals surface area contributed by atoms with Crippen LogP contribution in [0.3, 0.4) is 0 Å². The first-order valence-corrected chi connectivity index (χ1v) is 13.8. The van der Waals surface area contributed by atoms with Gasteiger partial charge in [0.15, 0.2) is 0 Å². The predicted octanol–water partition coefficient (Wildman–Crippen LogP) is 3.67. The number of pyridine rings is 2. The number of anilines is 2. The van der Waals surface area contributed by atoms with Crippen LogP contribution in [-0.4, -0.2) is 42.2 Å². The molecule has 36 heavy (non-hydrogen) atoms. The number of nitrogens with one attached hydrogen (secondary N) is 1. The monoisotopic (exact) mass is 513 g/mol. The number of nitrogens with two attached hydrogens (primary N) is 1. The van der Waals surface area contributed by atoms with E-state index in [4.69, 9.17) is 10.7 Å². The molecule has 2 aromatic rings. The molecule has 0 radical (unpaired) electrons. The summed E-state index contributed by atoms with van der Waals surface area (Å²) in [5.74, 6) is -0.460. The smallest absolute Gasteiger partial charge is 0.268 e. The van der Waals surface area contributed by atoms with Crippen LogP contribution in [0.4, 0.5) is 11.6 Å². The maximum atomic E-state index is 13.4. The van der Waals surface area contributed by atoms with E-state index in [0.717, 1.165) is 12.8 Å². The lowest BCUT2D eigenvalue weighted by Crippen LogP contribution is -2.41. The molecule has 0 spiro atoms. The lowest BCUT2D eigenvalue weighted by molar-refractivity contribution is -0.124. The fourth-order valence-electron chi connectivity index (χ4n) is 5.54. The average molecular weight is 514 g/mol. The molecule has 194 valence electrons. The summed E-state index contributed by atoms with van der Waals surface area (Å²) in [5, 5.41) is 0. The Hall–Kier alpha value is -3.01. The van der Waals surface area contributed by atoms with Crippen molar-refractivity contribution in [3.63, 3.8) is 0 Å². The molecule has 1 aliphatic heterocycles. The van der Waals surface area contributed by atoms with Crippen LogP contribution in [0.25, 0.3) is 0 Å². The van der Waals surface area contributed by atoms with Gasteiger partial charge in [-0.15, -0.1) is 0 Å². The van der Waals surface area contributed by atoms with Gasteiger partial charge in [0.25, 0.3) is 15.9 Å². The van der Waals surface area contributed by atoms with Crippen molar-refractivity contribution in [2.45, 2.75) is 76.7 Å². The number of rotatable bonds is 5. The molecule has 3 heterocycles. The van der Waals surface area contributed by atoms with Crippen LogP contribution in [0.1, 0.15) is 82.3 Å². The van der Waals surface area contributed by atoms with E-state index < -0.39 is 15.9 Å². The topological polar surface area (TPSA) is 135 Å². The van der Waals surface area contributed by atoms with Crippen LogP contribution in [0.2, 0.25) is 0 Å². The number of hydrogen-bond donors (Lipinski definition) is 2. The van der Waals surface area contributed by atoms with Gasteiger partial charge in [-0.2, -0.15) is 0 Å². The van der Waals surface area contributed by atoms with E-state index in [1.807, 2.05) is 0 Å². The fraction of sp³-hybridized carbons (Fsp3) is 0.538. The van der Waals surface area contributed by atoms with E-state index in [2.05, 4.69) is 49.2 Å². The molecule has 1 unspecified atom stereocenters. The van der Waals surface area contributed by atoms with Crippen molar-refractivity contribution in [2.24, 2.45) is 11.3 Å². The highest BCUT2D eigenvalue weighted by Gasteiger charge is 2.41. The lowest BCUT2D eigenvalue weighted by atomic mass is 9.70. The van der Waals surface area contributed by atoms with Crippen LogP contribution in [0, 0.1) is 11.3 Å². The Morgan fingerprint density at radius 3 is 2.53 bits per heavy atom. The molecule has 0 bridgehead atoms. The van der Waals surface area contributed by atoms with Gasteiger partial charge >= 0.3 is 0 Å². The Bertz CT molecular complexity index is 1310. The molecule has 4 rings (SSSR count). The minimum Gasteiger partial charge on any atom is -0.383 e. The summed E-state index contributed by atoms with van der Waals surface area (Å²) in [6, 6.07) is 6.00. The van der Waals surface area contributed by atoms with Gasteiger partial charge in [0.05, 0.1) is 17.2 Å². The summed E-state index contributed by atoms with van der Waals surface area (Å²) < 4.78 is 28.0. The molecule has 1 saturated carbocycles. The molecule has 2 fully saturated rings. The second-order valence-electron chi connectivity index (χ2n) is 11.5. The molecule has 3 N–H and O–H groups in total. The van der Waals surface area contributed by atoms with Crippen molar-refractivity contribution in [3.8, 4) is 0 Å². The largest absolute Gasteiger partial charge is 0.383 e. The standard InChI is InChI=1S/C26H35N5O4S/c1-16-13-26(4,5)31(15-16)23-17(24(33)30-36(34,35)21-7-6-12-28-22(21)27)8-9-19(29-23)18-14-25(2,3)11-10-20(18)32/h6-9,12,16,18H,10-11,13-15H2,1-5H3,(H2,27,28)(H,30,33)/t16-,18?/m0/s1. The SMILES string of the molecule is C[C@@H]1CN(c2nc(C3CC(C)(C)CCC3=O)ccc2C(=O)NS(=O)(=O)c2cccnc2N)C(C)(C)C1. The summed E-state index contributed by atoms with van der Waals surface area (Å²) in [4.78, 5) is 36.7. The first kappa shape index (κ1) is 26.1. The average Bonchev–Trinajstić information content (AvgIpc) is 3.06. The van der Waals surface area contributed by atoms with Crippen LogP contribution in [0.5, 0.6) is 0 Å². The number of hydrogen-bond acceptors (Lipinski definition) is 8. The second-order valence-corrected chi connectivity index (χ2v) is 13.2. The predicted molar refractivity (Wildman–Crippen MR) is 138 cm³/mol. The van der Waals surface area contributed by atoms with Gasteiger partial charge in [-0.25, -0.2) is 23.1 Å². The number of amides is 1. The van der Waals surface area contributed by atoms with Crippen molar-refractivity contribution >= 4 is 33.3 Å². The molecule has 10 heteroatoms. The van der Waals surface area contributed by atoms with E-state index >= 15 is 0 Å². The number of carbonyl (C=O) groups excluding carboxylic acids is 2. The number of carbonyl (C=O) groups is 2. The molecular formula is C26H35N5O4S. The minimum atomic E-state index is -4.26. The van der Waals surface area contributed by atoms with Crippen molar-refractivity contribution in [1.82, 2.24) is 14.7 Å². The number of nitrogens with zero attached hydrogens (tertiary/aromatic N) is 3. The lowest BCUT2D eigenvalue weighted by Gasteiger charge is -2.36. The molecule has 2 atom stereocenters. The van der Waals surface area contributed by atoms with Crippen molar-refractivity contribution in [3.05, 3.63) is 41.7 Å². The number of nitrogen functional groups attached to an aromatic ring is 1. The number of aromatic nitrogens is 2. The zero-order chi connectivity index (χ0) is 26.5. The van der Waals surface area contributed by atoms with Gasteiger partial charge in [0.1, 0.15) is 22.3 Å². The first-order valence-electron chi connectivity index (χ1n) is 12.3. The van der Waals surface area contributed by atoms with Crippen LogP contribution in [-0.2, 0) is 14.8 Å². The fourth-order valence-corrected chi connectivity index (χ4v) is 6.59. The molecule has 2 aromatic heterocycles. The number of ketones is 1. The van der Waals surface area contributed by atoms with E-state index in [1.165, 1.54) is 18.3 Å². The Labute approximate surface area is 212 Å². The Morgan fingerprint density at radius 1 is 1.17 bits per heavy atom. The summed E-state index contributed by atoms with van der Waals surface area (Å²) in [7, 11) is -4.26. The Morgan fingerprint density at radius 2 is 1.89 bits per heavy atom. The maximum Gasteiger partial charge on any atom is 0.268 e. The van der Waals surface area contributed by atoms with E-state index in [0.29, 0.717) is 36.8 Å². The number of Topliss-reactive ketones (excluding diaryl/α,β-unsaturated/α-hetero) is 1. The van der Waals surface area contributed by atoms with Gasteiger partial charge in [0.2, 0.25) is 0 Å². The molecule has 9 nitrogen and oxygen atoms in total. The van der Waals surface area contributed by atoms with Crippen LogP contribution in [0.15, 0.2) is 35.4 Å². The summed E-state index contributed by atoms with van der Waals surface area (Å²) in [6.45, 7) is 11.2. The van der Waals surface area contributed by atoms with Crippen molar-refractivity contribution < 1.29 is 18.0 Å². The normalized spacial score (nSPS) is 23.5. The summed E-state index contributed by atoms with van der Waals surface area (Å²) >= 11 is 0. The quantitative estimate of drug-likeness (QED) is 0.618. The van der Waals surface area contributed by atoms with Crippen molar-refractivity contribution in [2.75, 3.05) is 17.2 Å². The van der Waals surface area contributed by atoms with Gasteiger partial charge in [-0.05, 0) is 68.7 Å². The third-order valence-electron chi connectivity index (χ3n) is 7.34. The number of sulfonamides is 1. The molecule has 0 aromatic carbocycles. The second kappa shape index (κ2) is 9.14. The van der Waals surface area contributed by atoms with Crippen molar-refractivity contribution in [1.29, 1.82) is 0 Å². The maximum absolute atomic E-state index is 13.4. The first-order chi connectivity index (χ1) is 16.7. The third-order valence-corrected chi connectivity index (χ3v) is 8.72. The highest BCUT2D eigenvalue weighted by Crippen LogP contribution is 2.43. The van der Waals surface area contributed by atoms with Gasteiger partial charge in [-0.3, -0.25) is 9.59 Å². The highest BCUT2D eigenvalue weighted by molar-refractivity contribution is 7.90. The third kappa shape index (κ3) is 5.09. The van der Waals surface area contributed by atoms with Crippen LogP contribution >= 0.6 is 0 Å². The summed E-state index contributed by atoms with van der Waals surface area (Å²) in [6.07, 6.45) is 4.27.